The molecule has 1 amide bonds. The van der Waals surface area contributed by atoms with Crippen molar-refractivity contribution in [3.63, 3.8) is 0 Å². The topological polar surface area (TPSA) is 76.7 Å². The lowest BCUT2D eigenvalue weighted by atomic mass is 10.1. The number of carbonyl (C=O) groups excluding carboxylic acids is 2. The number of benzene rings is 1. The van der Waals surface area contributed by atoms with E-state index in [4.69, 9.17) is 16.3 Å². The highest BCUT2D eigenvalue weighted by atomic mass is 35.5. The van der Waals surface area contributed by atoms with E-state index in [0.29, 0.717) is 0 Å². The van der Waals surface area contributed by atoms with Gasteiger partial charge in [0, 0.05) is 10.6 Å². The molecule has 0 radical (unpaired) electrons. The van der Waals surface area contributed by atoms with Crippen LogP contribution < -0.4 is 10.9 Å². The van der Waals surface area contributed by atoms with Crippen LogP contribution in [0.3, 0.4) is 0 Å². The number of methoxy groups -OCH3 is 1. The number of rotatable bonds is 5. The summed E-state index contributed by atoms with van der Waals surface area (Å²) in [6, 6.07) is 2.68. The minimum Gasteiger partial charge on any atom is -0.465 e. The standard InChI is InChI=1S/C12H14ClFN2O4/c1-3-20-11(17)10(15-16-12(18)19-2)9-7(13)5-4-6-8(9)14/h4-6,10,15H,3H2,1-2H3,(H,16,18). The largest absolute Gasteiger partial charge is 0.465 e. The Morgan fingerprint density at radius 1 is 1.45 bits per heavy atom. The number of hydrazine groups is 1. The predicted octanol–water partition coefficient (Wildman–Crippen LogP) is 1.94. The number of esters is 1. The Morgan fingerprint density at radius 2 is 2.15 bits per heavy atom. The number of hydrogen-bond acceptors (Lipinski definition) is 5. The van der Waals surface area contributed by atoms with Crippen molar-refractivity contribution in [3.8, 4) is 0 Å². The van der Waals surface area contributed by atoms with Gasteiger partial charge in [-0.3, -0.25) is 5.43 Å². The Morgan fingerprint density at radius 3 is 2.70 bits per heavy atom. The third kappa shape index (κ3) is 4.07. The molecule has 1 atom stereocenters. The molecule has 1 aromatic carbocycles. The summed E-state index contributed by atoms with van der Waals surface area (Å²) in [6.07, 6.45) is -0.841. The molecule has 1 unspecified atom stereocenters. The first-order valence-corrected chi connectivity index (χ1v) is 6.09. The zero-order valence-electron chi connectivity index (χ0n) is 10.9. The molecule has 0 bridgehead atoms. The zero-order chi connectivity index (χ0) is 15.1. The molecule has 1 rings (SSSR count). The number of amides is 1. The van der Waals surface area contributed by atoms with Gasteiger partial charge in [-0.15, -0.1) is 0 Å². The van der Waals surface area contributed by atoms with Crippen molar-refractivity contribution < 1.29 is 23.5 Å². The molecular weight excluding hydrogens is 291 g/mol. The SMILES string of the molecule is CCOC(=O)C(NNC(=O)OC)c1c(F)cccc1Cl. The highest BCUT2D eigenvalue weighted by Crippen LogP contribution is 2.26. The molecule has 6 nitrogen and oxygen atoms in total. The van der Waals surface area contributed by atoms with Crippen LogP contribution in [0.5, 0.6) is 0 Å². The highest BCUT2D eigenvalue weighted by molar-refractivity contribution is 6.31. The molecule has 0 saturated carbocycles. The molecular formula is C12H14ClFN2O4. The Bertz CT molecular complexity index is 478. The normalized spacial score (nSPS) is 11.6. The number of ether oxygens (including phenoxy) is 2. The van der Waals surface area contributed by atoms with Gasteiger partial charge >= 0.3 is 12.1 Å². The fraction of sp³-hybridized carbons (Fsp3) is 0.333. The third-order valence-corrected chi connectivity index (χ3v) is 2.64. The van der Waals surface area contributed by atoms with E-state index < -0.39 is 23.9 Å². The van der Waals surface area contributed by atoms with Crippen LogP contribution in [0.2, 0.25) is 5.02 Å². The average molecular weight is 305 g/mol. The first-order chi connectivity index (χ1) is 9.51. The van der Waals surface area contributed by atoms with Gasteiger partial charge in [0.15, 0.2) is 6.04 Å². The monoisotopic (exact) mass is 304 g/mol. The second-order valence-electron chi connectivity index (χ2n) is 3.58. The molecule has 0 heterocycles. The van der Waals surface area contributed by atoms with Gasteiger partial charge in [-0.1, -0.05) is 17.7 Å². The molecule has 0 aromatic heterocycles. The highest BCUT2D eigenvalue weighted by Gasteiger charge is 2.27. The fourth-order valence-corrected chi connectivity index (χ4v) is 1.72. The smallest absolute Gasteiger partial charge is 0.421 e. The van der Waals surface area contributed by atoms with Gasteiger partial charge in [-0.2, -0.15) is 0 Å². The maximum absolute atomic E-state index is 13.8. The lowest BCUT2D eigenvalue weighted by molar-refractivity contribution is -0.146. The first kappa shape index (κ1) is 16.2. The molecule has 2 N–H and O–H groups in total. The van der Waals surface area contributed by atoms with E-state index in [1.165, 1.54) is 12.1 Å². The summed E-state index contributed by atoms with van der Waals surface area (Å²) < 4.78 is 23.0. The van der Waals surface area contributed by atoms with Gasteiger partial charge in [-0.25, -0.2) is 19.4 Å². The Balaban J connectivity index is 3.03. The van der Waals surface area contributed by atoms with E-state index in [1.807, 2.05) is 0 Å². The van der Waals surface area contributed by atoms with Crippen LogP contribution in [0.1, 0.15) is 18.5 Å². The number of hydrogen-bond donors (Lipinski definition) is 2. The van der Waals surface area contributed by atoms with E-state index in [-0.39, 0.29) is 17.2 Å². The second-order valence-corrected chi connectivity index (χ2v) is 3.99. The molecule has 0 spiro atoms. The van der Waals surface area contributed by atoms with Crippen molar-refractivity contribution >= 4 is 23.7 Å². The summed E-state index contributed by atoms with van der Waals surface area (Å²) in [5.41, 5.74) is 4.30. The van der Waals surface area contributed by atoms with Crippen molar-refractivity contribution in [2.24, 2.45) is 0 Å². The van der Waals surface area contributed by atoms with Crippen LogP contribution in [0.15, 0.2) is 18.2 Å². The summed E-state index contributed by atoms with van der Waals surface area (Å²) >= 11 is 5.89. The van der Waals surface area contributed by atoms with Gasteiger partial charge in [-0.05, 0) is 19.1 Å². The van der Waals surface area contributed by atoms with Crippen LogP contribution >= 0.6 is 11.6 Å². The Labute approximate surface area is 120 Å². The zero-order valence-corrected chi connectivity index (χ0v) is 11.7. The number of halogens is 2. The van der Waals surface area contributed by atoms with E-state index in [0.717, 1.165) is 13.2 Å². The van der Waals surface area contributed by atoms with E-state index in [9.17, 15) is 14.0 Å². The van der Waals surface area contributed by atoms with Gasteiger partial charge < -0.3 is 9.47 Å². The van der Waals surface area contributed by atoms with Crippen molar-refractivity contribution in [2.45, 2.75) is 13.0 Å². The fourth-order valence-electron chi connectivity index (χ4n) is 1.44. The van der Waals surface area contributed by atoms with Crippen LogP contribution in [-0.4, -0.2) is 25.8 Å². The first-order valence-electron chi connectivity index (χ1n) is 5.71. The predicted molar refractivity (Wildman–Crippen MR) is 69.5 cm³/mol. The molecule has 0 aliphatic rings. The molecule has 0 aliphatic carbocycles. The quantitative estimate of drug-likeness (QED) is 0.642. The minimum absolute atomic E-state index is 0.0298. The number of nitrogens with one attached hydrogen (secondary N) is 2. The summed E-state index contributed by atoms with van der Waals surface area (Å²) in [4.78, 5) is 22.9. The Hall–Kier alpha value is -1.86. The molecule has 1 aromatic rings. The van der Waals surface area contributed by atoms with Crippen LogP contribution in [0.4, 0.5) is 9.18 Å². The third-order valence-electron chi connectivity index (χ3n) is 2.31. The molecule has 8 heteroatoms. The summed E-state index contributed by atoms with van der Waals surface area (Å²) in [5, 5.41) is 0.0298. The maximum Gasteiger partial charge on any atom is 0.421 e. The average Bonchev–Trinajstić information content (AvgIpc) is 2.41. The molecule has 0 saturated heterocycles. The van der Waals surface area contributed by atoms with E-state index in [2.05, 4.69) is 15.6 Å². The van der Waals surface area contributed by atoms with E-state index >= 15 is 0 Å². The van der Waals surface area contributed by atoms with Crippen molar-refractivity contribution in [3.05, 3.63) is 34.6 Å². The van der Waals surface area contributed by atoms with Crippen LogP contribution in [0, 0.1) is 5.82 Å². The molecule has 0 aliphatic heterocycles. The van der Waals surface area contributed by atoms with Gasteiger partial charge in [0.05, 0.1) is 13.7 Å². The Kier molecular flexibility index (Phi) is 6.20. The molecule has 0 fully saturated rings. The molecule has 110 valence electrons. The van der Waals surface area contributed by atoms with Crippen LogP contribution in [-0.2, 0) is 14.3 Å². The van der Waals surface area contributed by atoms with Gasteiger partial charge in [0.25, 0.3) is 0 Å². The second kappa shape index (κ2) is 7.66. The number of carbonyl (C=O) groups is 2. The lowest BCUT2D eigenvalue weighted by Gasteiger charge is -2.19. The van der Waals surface area contributed by atoms with Gasteiger partial charge in [0.2, 0.25) is 0 Å². The van der Waals surface area contributed by atoms with Crippen LogP contribution in [0.25, 0.3) is 0 Å². The van der Waals surface area contributed by atoms with E-state index in [1.54, 1.807) is 6.92 Å². The molecule has 20 heavy (non-hydrogen) atoms. The van der Waals surface area contributed by atoms with Crippen molar-refractivity contribution in [1.82, 2.24) is 10.9 Å². The summed E-state index contributed by atoms with van der Waals surface area (Å²) in [6.45, 7) is 1.70. The maximum atomic E-state index is 13.8. The van der Waals surface area contributed by atoms with Crippen molar-refractivity contribution in [1.29, 1.82) is 0 Å². The van der Waals surface area contributed by atoms with Crippen molar-refractivity contribution in [2.75, 3.05) is 13.7 Å². The summed E-state index contributed by atoms with van der Waals surface area (Å²) in [7, 11) is 1.15. The lowest BCUT2D eigenvalue weighted by Crippen LogP contribution is -2.43. The van der Waals surface area contributed by atoms with Gasteiger partial charge in [0.1, 0.15) is 5.82 Å². The minimum atomic E-state index is -1.29. The summed E-state index contributed by atoms with van der Waals surface area (Å²) in [5.74, 6) is -1.48.